The summed E-state index contributed by atoms with van der Waals surface area (Å²) in [6.45, 7) is 1.78. The number of pyridine rings is 1. The monoisotopic (exact) mass is 541 g/mol. The molecule has 5 aromatic rings. The number of fused-ring (bicyclic) bond motifs is 1. The fraction of sp³-hybridized carbons (Fsp3) is 0.125. The normalized spacial score (nSPS) is 11.4. The number of thiophene rings is 1. The van der Waals surface area contributed by atoms with Crippen LogP contribution in [-0.2, 0) is 7.05 Å². The van der Waals surface area contributed by atoms with Crippen LogP contribution in [0, 0.1) is 6.92 Å². The van der Waals surface area contributed by atoms with Crippen LogP contribution in [0.25, 0.3) is 32.6 Å². The molecule has 5 rings (SSSR count). The van der Waals surface area contributed by atoms with Gasteiger partial charge >= 0.3 is 0 Å². The summed E-state index contributed by atoms with van der Waals surface area (Å²) in [6, 6.07) is 9.68. The van der Waals surface area contributed by atoms with Gasteiger partial charge in [-0.15, -0.1) is 11.3 Å². The van der Waals surface area contributed by atoms with Crippen LogP contribution < -0.4 is 11.1 Å². The molecule has 0 aliphatic rings. The van der Waals surface area contributed by atoms with Crippen LogP contribution in [0.4, 0.5) is 14.5 Å². The molecule has 4 heterocycles. The number of halogens is 3. The third-order valence-corrected chi connectivity index (χ3v) is 7.21. The lowest BCUT2D eigenvalue weighted by Gasteiger charge is -2.10. The van der Waals surface area contributed by atoms with Crippen LogP contribution >= 0.6 is 22.9 Å². The highest BCUT2D eigenvalue weighted by Gasteiger charge is 2.26. The van der Waals surface area contributed by atoms with Gasteiger partial charge in [-0.05, 0) is 36.8 Å². The first-order chi connectivity index (χ1) is 17.6. The lowest BCUT2D eigenvalue weighted by molar-refractivity contribution is 0.100. The standard InChI is InChI=1S/C24H18ClF2N7O2S/c1-10-14(9-29-34(10)2)13-7-16(21(26)27)30-24-18(13)19(20(37-24)22(28)35)31-23(36)17-8-15(32-33-17)11-3-5-12(25)6-4-11/h3-9,21H,1-2H3,(H2,28,35)(H,31,36)(H,32,33). The molecule has 37 heavy (non-hydrogen) atoms. The van der Waals surface area contributed by atoms with Gasteiger partial charge in [0.05, 0.1) is 17.6 Å². The largest absolute Gasteiger partial charge is 0.365 e. The lowest BCUT2D eigenvalue weighted by atomic mass is 10.0. The summed E-state index contributed by atoms with van der Waals surface area (Å²) in [7, 11) is 1.72. The van der Waals surface area contributed by atoms with E-state index in [9.17, 15) is 18.4 Å². The number of hydrogen-bond acceptors (Lipinski definition) is 6. The smallest absolute Gasteiger partial charge is 0.280 e. The Morgan fingerprint density at radius 1 is 1.19 bits per heavy atom. The number of rotatable bonds is 6. The number of hydrogen-bond donors (Lipinski definition) is 3. The number of carbonyl (C=O) groups is 2. The van der Waals surface area contributed by atoms with Crippen molar-refractivity contribution in [2.24, 2.45) is 12.8 Å². The number of primary amides is 1. The van der Waals surface area contributed by atoms with Crippen molar-refractivity contribution in [2.75, 3.05) is 5.32 Å². The Balaban J connectivity index is 1.63. The van der Waals surface area contributed by atoms with E-state index in [0.29, 0.717) is 32.9 Å². The summed E-state index contributed by atoms with van der Waals surface area (Å²) in [5.41, 5.74) is 8.14. The van der Waals surface area contributed by atoms with Crippen molar-refractivity contribution in [1.82, 2.24) is 25.0 Å². The lowest BCUT2D eigenvalue weighted by Crippen LogP contribution is -2.17. The first-order valence-corrected chi connectivity index (χ1v) is 12.0. The third kappa shape index (κ3) is 4.45. The number of anilines is 1. The predicted octanol–water partition coefficient (Wildman–Crippen LogP) is 5.34. The number of benzene rings is 1. The summed E-state index contributed by atoms with van der Waals surface area (Å²) in [6.07, 6.45) is -1.33. The molecule has 0 spiro atoms. The van der Waals surface area contributed by atoms with Gasteiger partial charge in [-0.2, -0.15) is 10.2 Å². The molecule has 0 unspecified atom stereocenters. The molecule has 13 heteroatoms. The maximum Gasteiger partial charge on any atom is 0.280 e. The van der Waals surface area contributed by atoms with Gasteiger partial charge < -0.3 is 11.1 Å². The predicted molar refractivity (Wildman–Crippen MR) is 137 cm³/mol. The number of amides is 2. The number of nitrogens with two attached hydrogens (primary N) is 1. The number of aromatic amines is 1. The Morgan fingerprint density at radius 2 is 1.92 bits per heavy atom. The highest BCUT2D eigenvalue weighted by atomic mass is 35.5. The van der Waals surface area contributed by atoms with Gasteiger partial charge in [0, 0.05) is 34.3 Å². The molecule has 0 atom stereocenters. The van der Waals surface area contributed by atoms with Crippen LogP contribution in [0.15, 0.2) is 42.6 Å². The summed E-state index contributed by atoms with van der Waals surface area (Å²) in [5, 5.41) is 14.6. The average molecular weight is 542 g/mol. The Morgan fingerprint density at radius 3 is 2.54 bits per heavy atom. The van der Waals surface area contributed by atoms with Crippen molar-refractivity contribution in [3.05, 3.63) is 69.6 Å². The molecule has 0 aliphatic heterocycles. The maximum atomic E-state index is 13.7. The Labute approximate surface area is 217 Å². The Bertz CT molecular complexity index is 1670. The molecule has 0 aliphatic carbocycles. The number of aromatic nitrogens is 5. The number of aryl methyl sites for hydroxylation is 1. The molecule has 0 fully saturated rings. The van der Waals surface area contributed by atoms with Crippen LogP contribution in [0.2, 0.25) is 5.02 Å². The summed E-state index contributed by atoms with van der Waals surface area (Å²) < 4.78 is 29.0. The Kier molecular flexibility index (Phi) is 6.21. The zero-order valence-electron chi connectivity index (χ0n) is 19.3. The molecule has 188 valence electrons. The molecule has 4 N–H and O–H groups in total. The highest BCUT2D eigenvalue weighted by Crippen LogP contribution is 2.43. The average Bonchev–Trinajstić information content (AvgIpc) is 3.57. The van der Waals surface area contributed by atoms with E-state index in [2.05, 4.69) is 25.6 Å². The van der Waals surface area contributed by atoms with Crippen molar-refractivity contribution in [2.45, 2.75) is 13.3 Å². The fourth-order valence-corrected chi connectivity index (χ4v) is 5.03. The molecule has 9 nitrogen and oxygen atoms in total. The SMILES string of the molecule is Cc1c(-c2cc(C(F)F)nc3sc(C(N)=O)c(NC(=O)c4cc(-c5ccc(Cl)cc5)n[nH]4)c23)cnn1C. The minimum Gasteiger partial charge on any atom is -0.365 e. The zero-order chi connectivity index (χ0) is 26.4. The van der Waals surface area contributed by atoms with E-state index < -0.39 is 23.9 Å². The number of H-pyrrole nitrogens is 1. The molecular formula is C24H18ClF2N7O2S. The summed E-state index contributed by atoms with van der Waals surface area (Å²) in [5.74, 6) is -1.45. The number of carbonyl (C=O) groups excluding carboxylic acids is 2. The van der Waals surface area contributed by atoms with Crippen molar-refractivity contribution >= 4 is 50.7 Å². The fourth-order valence-electron chi connectivity index (χ4n) is 3.88. The topological polar surface area (TPSA) is 132 Å². The van der Waals surface area contributed by atoms with Crippen LogP contribution in [0.3, 0.4) is 0 Å². The van der Waals surface area contributed by atoms with Gasteiger partial charge in [-0.25, -0.2) is 13.8 Å². The van der Waals surface area contributed by atoms with Crippen LogP contribution in [0.5, 0.6) is 0 Å². The van der Waals surface area contributed by atoms with Crippen molar-refractivity contribution in [1.29, 1.82) is 0 Å². The second-order valence-electron chi connectivity index (χ2n) is 8.14. The van der Waals surface area contributed by atoms with E-state index >= 15 is 0 Å². The number of nitrogens with one attached hydrogen (secondary N) is 2. The molecule has 2 amide bonds. The van der Waals surface area contributed by atoms with Crippen LogP contribution in [-0.4, -0.2) is 36.8 Å². The molecule has 1 aromatic carbocycles. The van der Waals surface area contributed by atoms with Gasteiger partial charge in [0.1, 0.15) is 21.1 Å². The van der Waals surface area contributed by atoms with E-state index in [-0.39, 0.29) is 21.1 Å². The van der Waals surface area contributed by atoms with Crippen molar-refractivity contribution < 1.29 is 18.4 Å². The molecule has 4 aromatic heterocycles. The van der Waals surface area contributed by atoms with Gasteiger partial charge in [0.2, 0.25) is 0 Å². The molecule has 0 bridgehead atoms. The van der Waals surface area contributed by atoms with E-state index in [1.807, 2.05) is 0 Å². The first-order valence-electron chi connectivity index (χ1n) is 10.8. The van der Waals surface area contributed by atoms with E-state index in [0.717, 1.165) is 16.9 Å². The molecule has 0 saturated heterocycles. The first kappa shape index (κ1) is 24.5. The van der Waals surface area contributed by atoms with E-state index in [4.69, 9.17) is 17.3 Å². The second kappa shape index (κ2) is 9.37. The molecule has 0 saturated carbocycles. The summed E-state index contributed by atoms with van der Waals surface area (Å²) in [4.78, 5) is 29.7. The quantitative estimate of drug-likeness (QED) is 0.267. The van der Waals surface area contributed by atoms with Gasteiger partial charge in [-0.1, -0.05) is 23.7 Å². The number of nitrogens with zero attached hydrogens (tertiary/aromatic N) is 4. The van der Waals surface area contributed by atoms with Gasteiger partial charge in [0.15, 0.2) is 0 Å². The third-order valence-electron chi connectivity index (χ3n) is 5.86. The second-order valence-corrected chi connectivity index (χ2v) is 9.58. The highest BCUT2D eigenvalue weighted by molar-refractivity contribution is 7.21. The minimum atomic E-state index is -2.85. The van der Waals surface area contributed by atoms with Crippen LogP contribution in [0.1, 0.15) is 38.0 Å². The summed E-state index contributed by atoms with van der Waals surface area (Å²) >= 11 is 6.76. The molecular weight excluding hydrogens is 524 g/mol. The zero-order valence-corrected chi connectivity index (χ0v) is 20.9. The number of alkyl halides is 2. The van der Waals surface area contributed by atoms with E-state index in [1.165, 1.54) is 18.3 Å². The van der Waals surface area contributed by atoms with Gasteiger partial charge in [0.25, 0.3) is 18.2 Å². The van der Waals surface area contributed by atoms with Gasteiger partial charge in [-0.3, -0.25) is 19.4 Å². The Hall–Kier alpha value is -4.16. The maximum absolute atomic E-state index is 13.7. The minimum absolute atomic E-state index is 0.0255. The molecule has 0 radical (unpaired) electrons. The van der Waals surface area contributed by atoms with E-state index in [1.54, 1.807) is 42.9 Å². The van der Waals surface area contributed by atoms with Crippen molar-refractivity contribution in [3.63, 3.8) is 0 Å². The van der Waals surface area contributed by atoms with Crippen molar-refractivity contribution in [3.8, 4) is 22.4 Å².